The van der Waals surface area contributed by atoms with E-state index in [1.807, 2.05) is 6.07 Å². The molecule has 0 amide bonds. The number of rotatable bonds is 3. The smallest absolute Gasteiger partial charge is 0.379 e. The molecule has 0 saturated heterocycles. The highest BCUT2D eigenvalue weighted by Crippen LogP contribution is 2.34. The van der Waals surface area contributed by atoms with Crippen LogP contribution in [-0.2, 0) is 12.7 Å². The highest BCUT2D eigenvalue weighted by molar-refractivity contribution is 9.13. The predicted octanol–water partition coefficient (Wildman–Crippen LogP) is 5.78. The van der Waals surface area contributed by atoms with Crippen molar-refractivity contribution in [2.45, 2.75) is 12.7 Å². The van der Waals surface area contributed by atoms with Crippen molar-refractivity contribution in [1.82, 2.24) is 0 Å². The van der Waals surface area contributed by atoms with E-state index in [2.05, 4.69) is 37.2 Å². The molecule has 0 spiro atoms. The van der Waals surface area contributed by atoms with Gasteiger partial charge in [0.1, 0.15) is 6.07 Å². The third kappa shape index (κ3) is 3.99. The van der Waals surface area contributed by atoms with Gasteiger partial charge in [-0.15, -0.1) is 11.3 Å². The summed E-state index contributed by atoms with van der Waals surface area (Å²) in [5.74, 6) is 0. The van der Waals surface area contributed by atoms with E-state index >= 15 is 0 Å². The van der Waals surface area contributed by atoms with Crippen LogP contribution in [0.1, 0.15) is 16.0 Å². The molecule has 0 atom stereocenters. The third-order valence-corrected chi connectivity index (χ3v) is 5.87. The fourth-order valence-corrected chi connectivity index (χ4v) is 3.74. The number of thiophene rings is 1. The number of anilines is 1. The van der Waals surface area contributed by atoms with Gasteiger partial charge in [-0.3, -0.25) is 0 Å². The van der Waals surface area contributed by atoms with E-state index in [1.165, 1.54) is 17.4 Å². The molecule has 2 aromatic rings. The van der Waals surface area contributed by atoms with Crippen molar-refractivity contribution in [2.24, 2.45) is 0 Å². The highest BCUT2D eigenvalue weighted by atomic mass is 79.9. The van der Waals surface area contributed by atoms with Crippen molar-refractivity contribution in [3.63, 3.8) is 0 Å². The Balaban J connectivity index is 2.19. The average Bonchev–Trinajstić information content (AvgIpc) is 2.74. The molecular formula is C13H7Br2F3N2S. The summed E-state index contributed by atoms with van der Waals surface area (Å²) in [6.07, 6.45) is -4.45. The molecule has 1 aromatic carbocycles. The first-order valence-electron chi connectivity index (χ1n) is 5.60. The van der Waals surface area contributed by atoms with Gasteiger partial charge < -0.3 is 5.32 Å². The fraction of sp³-hybridized carbons (Fsp3) is 0.154. The van der Waals surface area contributed by atoms with Gasteiger partial charge in [-0.2, -0.15) is 18.4 Å². The molecule has 0 bridgehead atoms. The van der Waals surface area contributed by atoms with E-state index in [1.54, 1.807) is 6.07 Å². The number of nitriles is 1. The van der Waals surface area contributed by atoms with Crippen LogP contribution < -0.4 is 5.32 Å². The van der Waals surface area contributed by atoms with Crippen LogP contribution in [0, 0.1) is 11.3 Å². The largest absolute Gasteiger partial charge is 0.416 e. The highest BCUT2D eigenvalue weighted by Gasteiger charge is 2.31. The monoisotopic (exact) mass is 438 g/mol. The Labute approximate surface area is 139 Å². The minimum atomic E-state index is -4.45. The zero-order chi connectivity index (χ0) is 15.6. The Kier molecular flexibility index (Phi) is 4.96. The number of hydrogen-bond acceptors (Lipinski definition) is 3. The quantitative estimate of drug-likeness (QED) is 0.658. The van der Waals surface area contributed by atoms with E-state index in [4.69, 9.17) is 5.26 Å². The molecule has 21 heavy (non-hydrogen) atoms. The molecule has 1 N–H and O–H groups in total. The van der Waals surface area contributed by atoms with Crippen LogP contribution in [0.5, 0.6) is 0 Å². The first-order valence-corrected chi connectivity index (χ1v) is 8.00. The molecule has 1 heterocycles. The molecular weight excluding hydrogens is 433 g/mol. The lowest BCUT2D eigenvalue weighted by molar-refractivity contribution is -0.137. The van der Waals surface area contributed by atoms with Gasteiger partial charge in [0, 0.05) is 15.9 Å². The minimum absolute atomic E-state index is 0.0282. The maximum Gasteiger partial charge on any atom is 0.416 e. The van der Waals surface area contributed by atoms with Crippen LogP contribution in [0.4, 0.5) is 18.9 Å². The van der Waals surface area contributed by atoms with Gasteiger partial charge in [-0.1, -0.05) is 0 Å². The second-order valence-corrected chi connectivity index (χ2v) is 7.37. The van der Waals surface area contributed by atoms with Crippen molar-refractivity contribution in [3.8, 4) is 6.07 Å². The van der Waals surface area contributed by atoms with Crippen LogP contribution >= 0.6 is 43.2 Å². The lowest BCUT2D eigenvalue weighted by Crippen LogP contribution is -2.07. The van der Waals surface area contributed by atoms with Crippen molar-refractivity contribution in [2.75, 3.05) is 5.32 Å². The lowest BCUT2D eigenvalue weighted by Gasteiger charge is -2.11. The molecule has 0 aliphatic carbocycles. The van der Waals surface area contributed by atoms with Gasteiger partial charge >= 0.3 is 6.18 Å². The fourth-order valence-electron chi connectivity index (χ4n) is 1.63. The molecule has 0 radical (unpaired) electrons. The predicted molar refractivity (Wildman–Crippen MR) is 83.2 cm³/mol. The summed E-state index contributed by atoms with van der Waals surface area (Å²) in [6.45, 7) is 0.426. The topological polar surface area (TPSA) is 35.8 Å². The Bertz CT molecular complexity index is 685. The molecule has 110 valence electrons. The van der Waals surface area contributed by atoms with Gasteiger partial charge in [0.15, 0.2) is 0 Å². The molecule has 0 fully saturated rings. The molecule has 8 heteroatoms. The van der Waals surface area contributed by atoms with E-state index in [0.29, 0.717) is 12.2 Å². The molecule has 1 aromatic heterocycles. The minimum Gasteiger partial charge on any atom is -0.379 e. The van der Waals surface area contributed by atoms with Gasteiger partial charge in [-0.25, -0.2) is 0 Å². The summed E-state index contributed by atoms with van der Waals surface area (Å²) in [6, 6.07) is 6.77. The molecule has 0 saturated carbocycles. The van der Waals surface area contributed by atoms with Crippen LogP contribution in [0.15, 0.2) is 32.5 Å². The van der Waals surface area contributed by atoms with Crippen molar-refractivity contribution in [1.29, 1.82) is 5.26 Å². The second-order valence-electron chi connectivity index (χ2n) is 4.06. The Morgan fingerprint density at radius 1 is 1.24 bits per heavy atom. The van der Waals surface area contributed by atoms with E-state index in [-0.39, 0.29) is 5.56 Å². The molecule has 0 aliphatic rings. The second kappa shape index (κ2) is 6.38. The summed E-state index contributed by atoms with van der Waals surface area (Å²) in [5.41, 5.74) is -0.475. The number of halogens is 5. The summed E-state index contributed by atoms with van der Waals surface area (Å²) in [4.78, 5) is 0.984. The molecule has 2 rings (SSSR count). The number of hydrogen-bond donors (Lipinski definition) is 1. The standard InChI is InChI=1S/C13H7Br2F3N2S/c14-10-4-9(21-12(10)15)6-20-11-2-1-8(13(16,17)18)3-7(11)5-19/h1-4,20H,6H2. The van der Waals surface area contributed by atoms with E-state index in [9.17, 15) is 13.2 Å². The van der Waals surface area contributed by atoms with Crippen LogP contribution in [0.3, 0.4) is 0 Å². The number of nitrogens with zero attached hydrogens (tertiary/aromatic N) is 1. The number of nitrogens with one attached hydrogen (secondary N) is 1. The Morgan fingerprint density at radius 3 is 2.48 bits per heavy atom. The summed E-state index contributed by atoms with van der Waals surface area (Å²) >= 11 is 8.23. The Hall–Kier alpha value is -1.04. The van der Waals surface area contributed by atoms with Crippen LogP contribution in [0.2, 0.25) is 0 Å². The molecule has 0 unspecified atom stereocenters. The summed E-state index contributed by atoms with van der Waals surface area (Å²) in [5, 5.41) is 12.0. The summed E-state index contributed by atoms with van der Waals surface area (Å²) < 4.78 is 39.6. The maximum absolute atomic E-state index is 12.6. The van der Waals surface area contributed by atoms with Gasteiger partial charge in [0.25, 0.3) is 0 Å². The number of benzene rings is 1. The van der Waals surface area contributed by atoms with Crippen LogP contribution in [-0.4, -0.2) is 0 Å². The van der Waals surface area contributed by atoms with E-state index < -0.39 is 11.7 Å². The number of alkyl halides is 3. The first kappa shape index (κ1) is 16.3. The van der Waals surface area contributed by atoms with E-state index in [0.717, 1.165) is 25.3 Å². The zero-order valence-corrected chi connectivity index (χ0v) is 14.3. The van der Waals surface area contributed by atoms with Crippen molar-refractivity contribution >= 4 is 48.9 Å². The molecule has 2 nitrogen and oxygen atoms in total. The third-order valence-electron chi connectivity index (χ3n) is 2.62. The average molecular weight is 440 g/mol. The van der Waals surface area contributed by atoms with Crippen molar-refractivity contribution in [3.05, 3.63) is 48.5 Å². The van der Waals surface area contributed by atoms with Gasteiger partial charge in [0.2, 0.25) is 0 Å². The van der Waals surface area contributed by atoms with Gasteiger partial charge in [0.05, 0.1) is 20.6 Å². The Morgan fingerprint density at radius 2 is 1.95 bits per heavy atom. The lowest BCUT2D eigenvalue weighted by atomic mass is 10.1. The molecule has 0 aliphatic heterocycles. The van der Waals surface area contributed by atoms with Crippen LogP contribution in [0.25, 0.3) is 0 Å². The normalized spacial score (nSPS) is 11.2. The van der Waals surface area contributed by atoms with Crippen molar-refractivity contribution < 1.29 is 13.2 Å². The summed E-state index contributed by atoms with van der Waals surface area (Å²) in [7, 11) is 0. The van der Waals surface area contributed by atoms with Gasteiger partial charge in [-0.05, 0) is 56.1 Å². The first-order chi connectivity index (χ1) is 9.81. The SMILES string of the molecule is N#Cc1cc(C(F)(F)F)ccc1NCc1cc(Br)c(Br)s1. The maximum atomic E-state index is 12.6. The zero-order valence-electron chi connectivity index (χ0n) is 10.3.